The van der Waals surface area contributed by atoms with Gasteiger partial charge in [-0.3, -0.25) is 9.78 Å². The Kier molecular flexibility index (Phi) is 4.10. The molecule has 1 aromatic heterocycles. The SMILES string of the molecule is CC(=O)C(=Cc1cccnc1)S(=O)(=O)c1ccccc1. The highest BCUT2D eigenvalue weighted by atomic mass is 32.2. The molecule has 20 heavy (non-hydrogen) atoms. The van der Waals surface area contributed by atoms with Gasteiger partial charge in [-0.05, 0) is 36.8 Å². The third-order valence-corrected chi connectivity index (χ3v) is 4.55. The van der Waals surface area contributed by atoms with Crippen molar-refractivity contribution in [3.63, 3.8) is 0 Å². The lowest BCUT2D eigenvalue weighted by Gasteiger charge is -2.06. The number of carbonyl (C=O) groups excluding carboxylic acids is 1. The van der Waals surface area contributed by atoms with E-state index >= 15 is 0 Å². The second kappa shape index (κ2) is 5.79. The predicted molar refractivity (Wildman–Crippen MR) is 76.5 cm³/mol. The lowest BCUT2D eigenvalue weighted by Crippen LogP contribution is -2.11. The molecule has 0 aliphatic carbocycles. The van der Waals surface area contributed by atoms with Crippen molar-refractivity contribution in [3.8, 4) is 0 Å². The molecule has 0 spiro atoms. The summed E-state index contributed by atoms with van der Waals surface area (Å²) in [7, 11) is -3.81. The fraction of sp³-hybridized carbons (Fsp3) is 0.0667. The van der Waals surface area contributed by atoms with Crippen molar-refractivity contribution >= 4 is 21.7 Å². The van der Waals surface area contributed by atoms with Crippen LogP contribution in [0.2, 0.25) is 0 Å². The quantitative estimate of drug-likeness (QED) is 0.810. The minimum absolute atomic E-state index is 0.102. The topological polar surface area (TPSA) is 64.1 Å². The first-order valence-corrected chi connectivity index (χ1v) is 7.43. The van der Waals surface area contributed by atoms with Gasteiger partial charge in [0.25, 0.3) is 0 Å². The molecule has 0 radical (unpaired) electrons. The Balaban J connectivity index is 2.56. The van der Waals surface area contributed by atoms with E-state index in [1.165, 1.54) is 31.3 Å². The molecule has 0 aliphatic heterocycles. The van der Waals surface area contributed by atoms with E-state index in [4.69, 9.17) is 0 Å². The fourth-order valence-electron chi connectivity index (χ4n) is 1.71. The first-order chi connectivity index (χ1) is 9.51. The van der Waals surface area contributed by atoms with Gasteiger partial charge in [0, 0.05) is 12.4 Å². The van der Waals surface area contributed by atoms with Crippen LogP contribution in [-0.2, 0) is 14.6 Å². The Morgan fingerprint density at radius 2 is 1.80 bits per heavy atom. The monoisotopic (exact) mass is 287 g/mol. The molecule has 2 rings (SSSR count). The molecule has 5 heteroatoms. The van der Waals surface area contributed by atoms with Gasteiger partial charge >= 0.3 is 0 Å². The molecule has 0 bridgehead atoms. The molecular formula is C15H13NO3S. The molecule has 0 fully saturated rings. The molecule has 0 aliphatic rings. The molecule has 0 amide bonds. The molecule has 0 N–H and O–H groups in total. The minimum atomic E-state index is -3.81. The van der Waals surface area contributed by atoms with E-state index in [1.54, 1.807) is 36.5 Å². The van der Waals surface area contributed by atoms with Gasteiger partial charge in [-0.1, -0.05) is 24.3 Å². The van der Waals surface area contributed by atoms with Crippen LogP contribution in [0.4, 0.5) is 0 Å². The van der Waals surface area contributed by atoms with Gasteiger partial charge in [0.1, 0.15) is 4.91 Å². The molecule has 0 unspecified atom stereocenters. The number of allylic oxidation sites excluding steroid dienone is 1. The summed E-state index contributed by atoms with van der Waals surface area (Å²) in [5.41, 5.74) is 0.567. The number of hydrogen-bond donors (Lipinski definition) is 0. The van der Waals surface area contributed by atoms with Crippen molar-refractivity contribution in [2.45, 2.75) is 11.8 Å². The molecule has 0 atom stereocenters. The summed E-state index contributed by atoms with van der Waals surface area (Å²) in [5.74, 6) is -0.502. The first-order valence-electron chi connectivity index (χ1n) is 5.94. The summed E-state index contributed by atoms with van der Waals surface area (Å²) >= 11 is 0. The van der Waals surface area contributed by atoms with Gasteiger partial charge in [0.15, 0.2) is 5.78 Å². The standard InChI is InChI=1S/C15H13NO3S/c1-12(17)15(10-13-6-5-9-16-11-13)20(18,19)14-7-3-2-4-8-14/h2-11H,1H3. The maximum Gasteiger partial charge on any atom is 0.210 e. The Morgan fingerprint density at radius 3 is 2.35 bits per heavy atom. The van der Waals surface area contributed by atoms with Gasteiger partial charge < -0.3 is 0 Å². The van der Waals surface area contributed by atoms with Crippen molar-refractivity contribution in [2.75, 3.05) is 0 Å². The summed E-state index contributed by atoms with van der Waals surface area (Å²) in [6.07, 6.45) is 4.43. The second-order valence-corrected chi connectivity index (χ2v) is 6.09. The van der Waals surface area contributed by atoms with Gasteiger partial charge in [-0.2, -0.15) is 0 Å². The third kappa shape index (κ3) is 3.00. The van der Waals surface area contributed by atoms with E-state index < -0.39 is 15.6 Å². The van der Waals surface area contributed by atoms with Crippen molar-refractivity contribution in [1.29, 1.82) is 0 Å². The molecular weight excluding hydrogens is 274 g/mol. The van der Waals surface area contributed by atoms with Gasteiger partial charge in [0.05, 0.1) is 4.90 Å². The zero-order chi connectivity index (χ0) is 14.6. The van der Waals surface area contributed by atoms with Crippen molar-refractivity contribution < 1.29 is 13.2 Å². The molecule has 1 aromatic carbocycles. The van der Waals surface area contributed by atoms with Crippen LogP contribution in [0.25, 0.3) is 6.08 Å². The average Bonchev–Trinajstić information content (AvgIpc) is 2.46. The van der Waals surface area contributed by atoms with E-state index in [0.717, 1.165) is 0 Å². The number of nitrogens with zero attached hydrogens (tertiary/aromatic N) is 1. The number of Topliss-reactive ketones (excluding diaryl/α,β-unsaturated/α-hetero) is 1. The number of aromatic nitrogens is 1. The maximum absolute atomic E-state index is 12.5. The van der Waals surface area contributed by atoms with Gasteiger partial charge in [0.2, 0.25) is 9.84 Å². The zero-order valence-electron chi connectivity index (χ0n) is 10.9. The van der Waals surface area contributed by atoms with E-state index in [0.29, 0.717) is 5.56 Å². The van der Waals surface area contributed by atoms with Crippen LogP contribution in [0.3, 0.4) is 0 Å². The van der Waals surface area contributed by atoms with E-state index in [1.807, 2.05) is 0 Å². The molecule has 0 saturated heterocycles. The smallest absolute Gasteiger partial charge is 0.210 e. The lowest BCUT2D eigenvalue weighted by molar-refractivity contribution is -0.112. The number of hydrogen-bond acceptors (Lipinski definition) is 4. The zero-order valence-corrected chi connectivity index (χ0v) is 11.7. The molecule has 4 nitrogen and oxygen atoms in total. The number of sulfone groups is 1. The predicted octanol–water partition coefficient (Wildman–Crippen LogP) is 2.49. The van der Waals surface area contributed by atoms with E-state index in [9.17, 15) is 13.2 Å². The Labute approximate surface area is 117 Å². The molecule has 1 heterocycles. The average molecular weight is 287 g/mol. The summed E-state index contributed by atoms with van der Waals surface area (Å²) in [6.45, 7) is 1.24. The summed E-state index contributed by atoms with van der Waals surface area (Å²) in [5, 5.41) is 0. The van der Waals surface area contributed by atoms with Crippen LogP contribution in [0.1, 0.15) is 12.5 Å². The highest BCUT2D eigenvalue weighted by Gasteiger charge is 2.24. The third-order valence-electron chi connectivity index (χ3n) is 2.67. The Bertz CT molecular complexity index is 735. The first kappa shape index (κ1) is 14.1. The highest BCUT2D eigenvalue weighted by molar-refractivity contribution is 7.96. The summed E-state index contributed by atoms with van der Waals surface area (Å²) < 4.78 is 24.9. The largest absolute Gasteiger partial charge is 0.294 e. The van der Waals surface area contributed by atoms with Crippen LogP contribution in [0, 0.1) is 0 Å². The van der Waals surface area contributed by atoms with Gasteiger partial charge in [-0.25, -0.2) is 8.42 Å². The van der Waals surface area contributed by atoms with Crippen molar-refractivity contribution in [2.24, 2.45) is 0 Å². The highest BCUT2D eigenvalue weighted by Crippen LogP contribution is 2.21. The number of rotatable bonds is 4. The lowest BCUT2D eigenvalue weighted by atomic mass is 10.2. The van der Waals surface area contributed by atoms with Crippen LogP contribution in [-0.4, -0.2) is 19.2 Å². The van der Waals surface area contributed by atoms with E-state index in [-0.39, 0.29) is 9.80 Å². The van der Waals surface area contributed by atoms with Crippen molar-refractivity contribution in [1.82, 2.24) is 4.98 Å². The molecule has 102 valence electrons. The molecule has 2 aromatic rings. The summed E-state index contributed by atoms with van der Waals surface area (Å²) in [6, 6.07) is 11.3. The number of carbonyl (C=O) groups is 1. The van der Waals surface area contributed by atoms with Crippen LogP contribution in [0.15, 0.2) is 64.7 Å². The van der Waals surface area contributed by atoms with Crippen LogP contribution >= 0.6 is 0 Å². The Morgan fingerprint density at radius 1 is 1.10 bits per heavy atom. The van der Waals surface area contributed by atoms with Crippen LogP contribution < -0.4 is 0 Å². The number of benzene rings is 1. The minimum Gasteiger partial charge on any atom is -0.294 e. The molecule has 0 saturated carbocycles. The fourth-order valence-corrected chi connectivity index (χ4v) is 3.15. The maximum atomic E-state index is 12.5. The second-order valence-electron chi connectivity index (χ2n) is 4.17. The number of ketones is 1. The Hall–Kier alpha value is -2.27. The van der Waals surface area contributed by atoms with Crippen LogP contribution in [0.5, 0.6) is 0 Å². The van der Waals surface area contributed by atoms with Gasteiger partial charge in [-0.15, -0.1) is 0 Å². The number of pyridine rings is 1. The van der Waals surface area contributed by atoms with Crippen molar-refractivity contribution in [3.05, 3.63) is 65.3 Å². The normalized spacial score (nSPS) is 12.2. The summed E-state index contributed by atoms with van der Waals surface area (Å²) in [4.78, 5) is 15.5. The van der Waals surface area contributed by atoms with E-state index in [2.05, 4.69) is 4.98 Å².